The van der Waals surface area contributed by atoms with E-state index < -0.39 is 0 Å². The van der Waals surface area contributed by atoms with Gasteiger partial charge in [-0.3, -0.25) is 9.69 Å². The molecule has 4 rings (SSSR count). The maximum Gasteiger partial charge on any atom is 0.273 e. The van der Waals surface area contributed by atoms with Crippen LogP contribution >= 0.6 is 23.2 Å². The van der Waals surface area contributed by atoms with Gasteiger partial charge in [0, 0.05) is 12.6 Å². The van der Waals surface area contributed by atoms with E-state index in [1.807, 2.05) is 30.3 Å². The molecule has 0 fully saturated rings. The molecule has 0 aliphatic carbocycles. The Kier molecular flexibility index (Phi) is 7.50. The number of carbonyl (C=O) groups is 1. The third-order valence-corrected chi connectivity index (χ3v) is 6.06. The van der Waals surface area contributed by atoms with E-state index in [9.17, 15) is 4.79 Å². The Balaban J connectivity index is 1.49. The summed E-state index contributed by atoms with van der Waals surface area (Å²) in [4.78, 5) is 19.0. The molecule has 0 saturated carbocycles. The van der Waals surface area contributed by atoms with Crippen LogP contribution in [-0.4, -0.2) is 15.8 Å². The lowest BCUT2D eigenvalue weighted by atomic mass is 10.1. The van der Waals surface area contributed by atoms with Crippen molar-refractivity contribution >= 4 is 29.1 Å². The average Bonchev–Trinajstić information content (AvgIpc) is 3.52. The highest BCUT2D eigenvalue weighted by atomic mass is 35.5. The third-order valence-electron chi connectivity index (χ3n) is 5.33. The number of halogens is 2. The van der Waals surface area contributed by atoms with Gasteiger partial charge in [-0.1, -0.05) is 59.6 Å². The molecule has 0 spiro atoms. The van der Waals surface area contributed by atoms with Gasteiger partial charge >= 0.3 is 0 Å². The molecular weight excluding hydrogens is 461 g/mol. The second-order valence-corrected chi connectivity index (χ2v) is 8.44. The van der Waals surface area contributed by atoms with Crippen LogP contribution in [0.15, 0.2) is 82.0 Å². The Hall–Kier alpha value is -3.06. The number of nitrogens with one attached hydrogen (secondary N) is 1. The Morgan fingerprint density at radius 2 is 1.85 bits per heavy atom. The first-order valence-electron chi connectivity index (χ1n) is 10.5. The summed E-state index contributed by atoms with van der Waals surface area (Å²) >= 11 is 12.3. The fourth-order valence-corrected chi connectivity index (χ4v) is 3.80. The van der Waals surface area contributed by atoms with Crippen molar-refractivity contribution < 1.29 is 13.6 Å². The largest absolute Gasteiger partial charge is 0.467 e. The average molecular weight is 484 g/mol. The summed E-state index contributed by atoms with van der Waals surface area (Å²) < 4.78 is 10.9. The van der Waals surface area contributed by atoms with Crippen molar-refractivity contribution in [2.24, 2.45) is 0 Å². The van der Waals surface area contributed by atoms with Gasteiger partial charge in [-0.05, 0) is 42.3 Å². The molecule has 33 heavy (non-hydrogen) atoms. The normalized spacial score (nSPS) is 12.1. The number of oxazole rings is 1. The van der Waals surface area contributed by atoms with Crippen molar-refractivity contribution in [3.8, 4) is 0 Å². The molecule has 4 aromatic rings. The summed E-state index contributed by atoms with van der Waals surface area (Å²) in [5.41, 5.74) is 2.38. The molecule has 0 saturated heterocycles. The van der Waals surface area contributed by atoms with E-state index in [-0.39, 0.29) is 24.2 Å². The second kappa shape index (κ2) is 10.7. The van der Waals surface area contributed by atoms with Crippen LogP contribution in [-0.2, 0) is 19.6 Å². The molecule has 1 amide bonds. The van der Waals surface area contributed by atoms with Gasteiger partial charge in [-0.15, -0.1) is 0 Å². The molecule has 2 aromatic heterocycles. The van der Waals surface area contributed by atoms with Crippen LogP contribution < -0.4 is 5.32 Å². The molecule has 0 aliphatic heterocycles. The lowest BCUT2D eigenvalue weighted by molar-refractivity contribution is 0.0943. The third kappa shape index (κ3) is 6.05. The highest BCUT2D eigenvalue weighted by molar-refractivity contribution is 6.42. The number of benzene rings is 2. The van der Waals surface area contributed by atoms with Crippen molar-refractivity contribution in [2.75, 3.05) is 0 Å². The molecule has 1 atom stereocenters. The molecular formula is C25H23Cl2N3O3. The maximum absolute atomic E-state index is 12.4. The van der Waals surface area contributed by atoms with E-state index in [0.717, 1.165) is 11.1 Å². The maximum atomic E-state index is 12.4. The molecule has 6 nitrogen and oxygen atoms in total. The van der Waals surface area contributed by atoms with E-state index in [0.29, 0.717) is 34.8 Å². The lowest BCUT2D eigenvalue weighted by Gasteiger charge is -2.28. The zero-order chi connectivity index (χ0) is 23.2. The second-order valence-electron chi connectivity index (χ2n) is 7.63. The standard InChI is InChI=1S/C25H23Cl2N3O3/c1-17(19-6-3-2-4-7-19)30(14-18-9-10-21(26)22(27)12-18)15-24-29-23(16-33-24)25(31)28-13-20-8-5-11-32-20/h2-12,16-17H,13-15H2,1H3,(H,28,31). The molecule has 8 heteroatoms. The van der Waals surface area contributed by atoms with Crippen molar-refractivity contribution in [1.29, 1.82) is 0 Å². The quantitative estimate of drug-likeness (QED) is 0.303. The molecule has 0 aliphatic rings. The monoisotopic (exact) mass is 483 g/mol. The topological polar surface area (TPSA) is 71.5 Å². The zero-order valence-corrected chi connectivity index (χ0v) is 19.5. The Morgan fingerprint density at radius 3 is 2.58 bits per heavy atom. The van der Waals surface area contributed by atoms with Crippen molar-refractivity contribution in [3.63, 3.8) is 0 Å². The number of furan rings is 1. The Labute approximate surface area is 202 Å². The number of hydrogen-bond acceptors (Lipinski definition) is 5. The Bertz CT molecular complexity index is 1190. The van der Waals surface area contributed by atoms with Crippen LogP contribution in [0.3, 0.4) is 0 Å². The first-order chi connectivity index (χ1) is 16.0. The van der Waals surface area contributed by atoms with E-state index in [1.54, 1.807) is 24.5 Å². The van der Waals surface area contributed by atoms with Crippen LogP contribution in [0.1, 0.15) is 46.2 Å². The van der Waals surface area contributed by atoms with Crippen molar-refractivity contribution in [1.82, 2.24) is 15.2 Å². The first-order valence-corrected chi connectivity index (χ1v) is 11.2. The number of aromatic nitrogens is 1. The summed E-state index contributed by atoms with van der Waals surface area (Å²) in [5.74, 6) is 0.783. The summed E-state index contributed by atoms with van der Waals surface area (Å²) in [6.07, 6.45) is 2.93. The predicted molar refractivity (Wildman–Crippen MR) is 127 cm³/mol. The van der Waals surface area contributed by atoms with Crippen molar-refractivity contribution in [2.45, 2.75) is 32.6 Å². The van der Waals surface area contributed by atoms with E-state index in [2.05, 4.69) is 34.3 Å². The fraction of sp³-hybridized carbons (Fsp3) is 0.200. The highest BCUT2D eigenvalue weighted by Gasteiger charge is 2.21. The summed E-state index contributed by atoms with van der Waals surface area (Å²) in [7, 11) is 0. The molecule has 170 valence electrons. The minimum atomic E-state index is -0.325. The highest BCUT2D eigenvalue weighted by Crippen LogP contribution is 2.27. The van der Waals surface area contributed by atoms with Crippen LogP contribution in [0.2, 0.25) is 10.0 Å². The fourth-order valence-electron chi connectivity index (χ4n) is 3.48. The lowest BCUT2D eigenvalue weighted by Crippen LogP contribution is -2.27. The van der Waals surface area contributed by atoms with Crippen LogP contribution in [0, 0.1) is 0 Å². The van der Waals surface area contributed by atoms with Gasteiger partial charge in [-0.2, -0.15) is 0 Å². The zero-order valence-electron chi connectivity index (χ0n) is 18.0. The smallest absolute Gasteiger partial charge is 0.273 e. The number of hydrogen-bond donors (Lipinski definition) is 1. The Morgan fingerprint density at radius 1 is 1.03 bits per heavy atom. The van der Waals surface area contributed by atoms with E-state index in [1.165, 1.54) is 6.26 Å². The predicted octanol–water partition coefficient (Wildman–Crippen LogP) is 6.27. The van der Waals surface area contributed by atoms with Crippen LogP contribution in [0.4, 0.5) is 0 Å². The molecule has 2 aromatic carbocycles. The van der Waals surface area contributed by atoms with Crippen LogP contribution in [0.25, 0.3) is 0 Å². The number of rotatable bonds is 9. The van der Waals surface area contributed by atoms with Gasteiger partial charge in [0.25, 0.3) is 5.91 Å². The van der Waals surface area contributed by atoms with Crippen molar-refractivity contribution in [3.05, 3.63) is 112 Å². The minimum absolute atomic E-state index is 0.0591. The van der Waals surface area contributed by atoms with Gasteiger partial charge in [0.05, 0.1) is 29.4 Å². The van der Waals surface area contributed by atoms with Gasteiger partial charge in [-0.25, -0.2) is 4.98 Å². The SMILES string of the molecule is CC(c1ccccc1)N(Cc1ccc(Cl)c(Cl)c1)Cc1nc(C(=O)NCc2ccco2)co1. The number of nitrogens with zero attached hydrogens (tertiary/aromatic N) is 2. The van der Waals surface area contributed by atoms with E-state index >= 15 is 0 Å². The molecule has 1 N–H and O–H groups in total. The molecule has 1 unspecified atom stereocenters. The minimum Gasteiger partial charge on any atom is -0.467 e. The van der Waals surface area contributed by atoms with Gasteiger partial charge in [0.15, 0.2) is 5.69 Å². The van der Waals surface area contributed by atoms with Gasteiger partial charge in [0.1, 0.15) is 12.0 Å². The van der Waals surface area contributed by atoms with Gasteiger partial charge < -0.3 is 14.2 Å². The molecule has 0 bridgehead atoms. The van der Waals surface area contributed by atoms with Gasteiger partial charge in [0.2, 0.25) is 5.89 Å². The summed E-state index contributed by atoms with van der Waals surface area (Å²) in [6, 6.07) is 19.4. The molecule has 2 heterocycles. The molecule has 0 radical (unpaired) electrons. The van der Waals surface area contributed by atoms with E-state index in [4.69, 9.17) is 32.0 Å². The first kappa shape index (κ1) is 23.1. The number of amides is 1. The number of carbonyl (C=O) groups excluding carboxylic acids is 1. The van der Waals surface area contributed by atoms with Crippen LogP contribution in [0.5, 0.6) is 0 Å². The summed E-state index contributed by atoms with van der Waals surface area (Å²) in [5, 5.41) is 3.79. The summed E-state index contributed by atoms with van der Waals surface area (Å²) in [6.45, 7) is 3.40.